The van der Waals surface area contributed by atoms with Crippen molar-refractivity contribution in [1.29, 1.82) is 0 Å². The van der Waals surface area contributed by atoms with Crippen LogP contribution >= 0.6 is 0 Å². The predicted molar refractivity (Wildman–Crippen MR) is 577 cm³/mol. The normalized spacial score (nSPS) is 14.1. The summed E-state index contributed by atoms with van der Waals surface area (Å²) in [4.78, 5) is 0. The Bertz CT molecular complexity index is 11600. The van der Waals surface area contributed by atoms with E-state index in [1.54, 1.807) is 0 Å². The molecule has 0 aliphatic rings. The summed E-state index contributed by atoms with van der Waals surface area (Å²) < 4.78 is 30.7. The first-order valence-corrected chi connectivity index (χ1v) is 48.4. The van der Waals surface area contributed by atoms with E-state index in [-0.39, 0.29) is 0 Å². The van der Waals surface area contributed by atoms with Gasteiger partial charge in [0.1, 0.15) is 16.9 Å². The molecule has 12 nitrogen and oxygen atoms in total. The van der Waals surface area contributed by atoms with Crippen molar-refractivity contribution in [1.82, 2.24) is 52.8 Å². The number of hydrogen-bond acceptors (Lipinski definition) is 0. The Morgan fingerprint density at radius 1 is 0.109 bits per heavy atom. The van der Waals surface area contributed by atoms with Crippen LogP contribution in [-0.2, 0) is 0 Å². The van der Waals surface area contributed by atoms with Gasteiger partial charge >= 0.3 is 0 Å². The van der Waals surface area contributed by atoms with E-state index >= 15 is 0 Å². The first-order valence-electron chi connectivity index (χ1n) is 48.4. The van der Waals surface area contributed by atoms with Crippen LogP contribution in [0.15, 0.2) is 328 Å². The number of rotatable bonds is 0. The fourth-order valence-electron chi connectivity index (χ4n) is 31.6. The highest BCUT2D eigenvalue weighted by Gasteiger charge is 2.40. The van der Waals surface area contributed by atoms with Crippen molar-refractivity contribution in [3.05, 3.63) is 328 Å². The fourth-order valence-corrected chi connectivity index (χ4v) is 31.6. The van der Waals surface area contributed by atoms with E-state index in [1.165, 1.54) is 392 Å². The first kappa shape index (κ1) is 64.1. The van der Waals surface area contributed by atoms with Crippen LogP contribution < -0.4 is 0 Å². The zero-order chi connectivity index (χ0) is 86.7. The average molecular weight is 1740 g/mol. The summed E-state index contributed by atoms with van der Waals surface area (Å²) in [6.07, 6.45) is 6.79. The lowest BCUT2D eigenvalue weighted by molar-refractivity contribution is 1.14. The molecular weight excluding hydrogens is 1680 g/mol. The van der Waals surface area contributed by atoms with E-state index in [4.69, 9.17) is 0 Å². The molecule has 45 aromatic rings. The number of hydrogen-bond donors (Lipinski definition) is 0. The summed E-state index contributed by atoms with van der Waals surface area (Å²) >= 11 is 0. The third-order valence-corrected chi connectivity index (χ3v) is 36.1. The zero-order valence-corrected chi connectivity index (χ0v) is 72.5. The number of benzene rings is 15. The highest BCUT2D eigenvalue weighted by molar-refractivity contribution is 6.55. The van der Waals surface area contributed by atoms with Crippen LogP contribution in [0.2, 0.25) is 0 Å². The maximum absolute atomic E-state index is 2.65. The lowest BCUT2D eigenvalue weighted by Gasteiger charge is -2.28. The van der Waals surface area contributed by atoms with Gasteiger partial charge in [-0.15, -0.1) is 0 Å². The molecule has 0 radical (unpaired) electrons. The molecule has 618 valence electrons. The molecule has 15 aromatic carbocycles. The van der Waals surface area contributed by atoms with Crippen LogP contribution in [0.25, 0.3) is 392 Å². The minimum absolute atomic E-state index is 1.23. The van der Waals surface area contributed by atoms with Gasteiger partial charge in [-0.05, 0) is 228 Å². The zero-order valence-electron chi connectivity index (χ0n) is 72.5. The molecular formula is C126H54N12. The van der Waals surface area contributed by atoms with Crippen LogP contribution in [0.1, 0.15) is 0 Å². The minimum Gasteiger partial charge on any atom is -0.308 e. The molecule has 0 aliphatic carbocycles. The molecule has 0 amide bonds. The second kappa shape index (κ2) is 19.7. The number of aromatic nitrogens is 12. The molecule has 0 fully saturated rings. The number of nitrogens with zero attached hydrogens (tertiary/aromatic N) is 12. The van der Waals surface area contributed by atoms with Crippen molar-refractivity contribution in [2.45, 2.75) is 0 Å². The smallest absolute Gasteiger partial charge is 0.122 e. The Morgan fingerprint density at radius 3 is 0.493 bits per heavy atom. The van der Waals surface area contributed by atoms with E-state index in [1.807, 2.05) is 0 Å². The predicted octanol–water partition coefficient (Wildman–Crippen LogP) is 32.6. The lowest BCUT2D eigenvalue weighted by Crippen LogP contribution is -2.09. The molecule has 0 atom stereocenters. The Morgan fingerprint density at radius 2 is 0.283 bits per heavy atom. The van der Waals surface area contributed by atoms with Crippen LogP contribution in [0.3, 0.4) is 0 Å². The van der Waals surface area contributed by atoms with Crippen LogP contribution in [-0.4, -0.2) is 52.8 Å². The Hall–Kier alpha value is -18.8. The first-order chi connectivity index (χ1) is 68.6. The van der Waals surface area contributed by atoms with Gasteiger partial charge in [0.05, 0.1) is 149 Å². The minimum atomic E-state index is 1.23. The fraction of sp³-hybridized carbons (Fsp3) is 0. The summed E-state index contributed by atoms with van der Waals surface area (Å²) in [7, 11) is 0. The summed E-state index contributed by atoms with van der Waals surface area (Å²) in [5.74, 6) is 0. The van der Waals surface area contributed by atoms with Crippen LogP contribution in [0.4, 0.5) is 0 Å². The molecule has 0 bridgehead atoms. The summed E-state index contributed by atoms with van der Waals surface area (Å²) in [5, 5.41) is 56.7. The van der Waals surface area contributed by atoms with Gasteiger partial charge in [-0.3, -0.25) is 13.2 Å². The second-order valence-electron chi connectivity index (χ2n) is 41.1. The van der Waals surface area contributed by atoms with Gasteiger partial charge in [-0.25, -0.2) is 0 Å². The quantitative estimate of drug-likeness (QED) is 0.107. The standard InChI is InChI=1S/2C48H21N3.C30H12N6/c2*1-4-10-25-22(7-1)19-28-31-13-17-35-38-26-11-5-2-9-24(26)21-30-33-15-18-36-39-27-12-6-3-8-23(27)20-29-32-14-16-34-37(25)40(28)43-46(49(31)35)44(42(30)38)48(51(33)36)45(41(29)39)47(43)50(32)34;1-4-19-31-11-8-14-17-3-6-21-33-12-9-15-18-2-5-20-32-10-7-13-16(1)34(19)28-22(25(13)32)29(35(18)20)24(27(15)33)30(36(17)21)23(28)26(14)31/h2*1-21H;1-12H. The van der Waals surface area contributed by atoms with Gasteiger partial charge in [0.25, 0.3) is 0 Å². The molecule has 45 rings (SSSR count). The molecule has 30 heterocycles. The largest absolute Gasteiger partial charge is 0.308 e. The second-order valence-corrected chi connectivity index (χ2v) is 41.1. The molecule has 0 saturated heterocycles. The summed E-state index contributed by atoms with van der Waals surface area (Å²) in [6.45, 7) is 0. The van der Waals surface area contributed by atoms with Crippen molar-refractivity contribution in [2.75, 3.05) is 0 Å². The van der Waals surface area contributed by atoms with Gasteiger partial charge < -0.3 is 39.6 Å². The van der Waals surface area contributed by atoms with Gasteiger partial charge in [-0.2, -0.15) is 0 Å². The van der Waals surface area contributed by atoms with Crippen LogP contribution in [0, 0.1) is 0 Å². The molecule has 0 saturated carbocycles. The lowest BCUT2D eigenvalue weighted by atomic mass is 9.85. The summed E-state index contributed by atoms with van der Waals surface area (Å²) in [5.41, 5.74) is 39.3. The molecule has 0 N–H and O–H groups in total. The van der Waals surface area contributed by atoms with Crippen molar-refractivity contribution in [3.63, 3.8) is 0 Å². The molecule has 0 unspecified atom stereocenters. The van der Waals surface area contributed by atoms with E-state index in [9.17, 15) is 0 Å². The van der Waals surface area contributed by atoms with Gasteiger partial charge in [-0.1, -0.05) is 146 Å². The maximum Gasteiger partial charge on any atom is 0.122 e. The highest BCUT2D eigenvalue weighted by atomic mass is 15.1. The summed E-state index contributed by atoms with van der Waals surface area (Å²) in [6, 6.07) is 119. The third-order valence-electron chi connectivity index (χ3n) is 36.1. The van der Waals surface area contributed by atoms with E-state index in [0.29, 0.717) is 0 Å². The van der Waals surface area contributed by atoms with Crippen molar-refractivity contribution >= 4 is 392 Å². The topological polar surface area (TPSA) is 52.9 Å². The average Bonchev–Trinajstić information content (AvgIpc) is 1.47. The Balaban J connectivity index is 0.0000000813. The van der Waals surface area contributed by atoms with E-state index in [2.05, 4.69) is 381 Å². The van der Waals surface area contributed by atoms with E-state index in [0.717, 1.165) is 0 Å². The van der Waals surface area contributed by atoms with Crippen LogP contribution in [0.5, 0.6) is 0 Å². The van der Waals surface area contributed by atoms with Crippen molar-refractivity contribution in [2.24, 2.45) is 0 Å². The van der Waals surface area contributed by atoms with Crippen molar-refractivity contribution < 1.29 is 0 Å². The van der Waals surface area contributed by atoms with Gasteiger partial charge in [0.15, 0.2) is 0 Å². The Labute approximate surface area is 767 Å². The van der Waals surface area contributed by atoms with Crippen molar-refractivity contribution in [3.8, 4) is 0 Å². The number of pyridine rings is 15. The van der Waals surface area contributed by atoms with E-state index < -0.39 is 0 Å². The molecule has 0 spiro atoms. The maximum atomic E-state index is 2.65. The molecule has 138 heavy (non-hydrogen) atoms. The SMILES string of the molecule is c1ccc2c(c1)cc1c3c2c2ccc4c5cc6ccccc6c6c5c5c(c3c3c7c8c(cc9ccccc9c8c8ccc1n83)c1ccc6n1c57)n42.c1ccc2c(c1)cc1c3c2c2ccc4c5cc6ccccc6c6c5c5c(c3c3c7c8c(cc9ccccc9c8c8ccc1n83)c1ccc6n1c57)n42.c1cn2c3c1c1ccc4n5ccc6c5c5c(c3c3c7c8c(ccn8c8ccc6n8c57)c5ccc2n53)n14. The third kappa shape index (κ3) is 5.96. The van der Waals surface area contributed by atoms with Gasteiger partial charge in [0.2, 0.25) is 0 Å². The molecule has 0 aliphatic heterocycles. The Kier molecular flexibility index (Phi) is 9.15. The monoisotopic (exact) mass is 1730 g/mol. The molecule has 30 aromatic heterocycles. The van der Waals surface area contributed by atoms with Gasteiger partial charge in [0, 0.05) is 180 Å². The molecule has 12 heteroatoms. The highest BCUT2D eigenvalue weighted by Crippen LogP contribution is 2.63. The number of fused-ring (bicyclic) bond motifs is 30.